The molecule has 0 unspecified atom stereocenters. The maximum atomic E-state index is 12.9. The highest BCUT2D eigenvalue weighted by Crippen LogP contribution is 2.31. The lowest BCUT2D eigenvalue weighted by Gasteiger charge is -2.21. The van der Waals surface area contributed by atoms with Crippen LogP contribution in [0, 0.1) is 5.82 Å². The van der Waals surface area contributed by atoms with Crippen molar-refractivity contribution in [3.63, 3.8) is 0 Å². The van der Waals surface area contributed by atoms with Gasteiger partial charge in [0.15, 0.2) is 0 Å². The predicted octanol–water partition coefficient (Wildman–Crippen LogP) is 1.83. The molecule has 1 aliphatic carbocycles. The van der Waals surface area contributed by atoms with Gasteiger partial charge in [-0.1, -0.05) is 12.1 Å². The molecule has 4 nitrogen and oxygen atoms in total. The van der Waals surface area contributed by atoms with Crippen LogP contribution in [0.2, 0.25) is 0 Å². The third-order valence-electron chi connectivity index (χ3n) is 4.17. The Kier molecular flexibility index (Phi) is 4.28. The van der Waals surface area contributed by atoms with Crippen LogP contribution in [0.4, 0.5) is 4.39 Å². The van der Waals surface area contributed by atoms with Crippen LogP contribution in [0.5, 0.6) is 0 Å². The molecule has 1 saturated heterocycles. The second kappa shape index (κ2) is 6.02. The van der Waals surface area contributed by atoms with Crippen LogP contribution in [0.1, 0.15) is 24.8 Å². The smallest absolute Gasteiger partial charge is 0.217 e. The van der Waals surface area contributed by atoms with Crippen LogP contribution in [-0.2, 0) is 16.6 Å². The summed E-state index contributed by atoms with van der Waals surface area (Å²) in [5, 5.41) is -0.124. The van der Waals surface area contributed by atoms with Crippen molar-refractivity contribution in [3.8, 4) is 0 Å². The summed E-state index contributed by atoms with van der Waals surface area (Å²) in [6.07, 6.45) is 2.49. The molecule has 2 fully saturated rings. The molecule has 3 rings (SSSR count). The lowest BCUT2D eigenvalue weighted by atomic mass is 10.2. The summed E-state index contributed by atoms with van der Waals surface area (Å²) in [6.45, 7) is 3.56. The summed E-state index contributed by atoms with van der Waals surface area (Å²) in [7, 11) is -3.06. The van der Waals surface area contributed by atoms with Crippen LogP contribution in [0.15, 0.2) is 24.3 Å². The first-order valence-electron chi connectivity index (χ1n) is 7.51. The second-order valence-electron chi connectivity index (χ2n) is 5.90. The summed E-state index contributed by atoms with van der Waals surface area (Å²) >= 11 is 0. The molecule has 116 valence electrons. The molecule has 1 heterocycles. The molecular weight excluding hydrogens is 291 g/mol. The minimum absolute atomic E-state index is 0.124. The van der Waals surface area contributed by atoms with E-state index < -0.39 is 10.0 Å². The first-order chi connectivity index (χ1) is 10.1. The molecule has 0 radical (unpaired) electrons. The van der Waals surface area contributed by atoms with Crippen LogP contribution >= 0.6 is 0 Å². The summed E-state index contributed by atoms with van der Waals surface area (Å²) in [5.41, 5.74) is 1.06. The van der Waals surface area contributed by atoms with Crippen molar-refractivity contribution in [2.75, 3.05) is 26.2 Å². The number of rotatable bonds is 4. The van der Waals surface area contributed by atoms with Gasteiger partial charge in [0.2, 0.25) is 10.0 Å². The van der Waals surface area contributed by atoms with E-state index in [9.17, 15) is 12.8 Å². The Labute approximate surface area is 125 Å². The normalized spacial score (nSPS) is 22.1. The monoisotopic (exact) mass is 312 g/mol. The van der Waals surface area contributed by atoms with Crippen molar-refractivity contribution in [1.82, 2.24) is 9.21 Å². The first kappa shape index (κ1) is 14.9. The zero-order valence-corrected chi connectivity index (χ0v) is 12.9. The Hall–Kier alpha value is -0.980. The van der Waals surface area contributed by atoms with Gasteiger partial charge < -0.3 is 0 Å². The van der Waals surface area contributed by atoms with Gasteiger partial charge in [-0.05, 0) is 43.5 Å². The van der Waals surface area contributed by atoms with Crippen molar-refractivity contribution >= 4 is 10.0 Å². The second-order valence-corrected chi connectivity index (χ2v) is 8.11. The van der Waals surface area contributed by atoms with E-state index in [1.54, 1.807) is 16.4 Å². The maximum Gasteiger partial charge on any atom is 0.217 e. The van der Waals surface area contributed by atoms with Crippen LogP contribution < -0.4 is 0 Å². The highest BCUT2D eigenvalue weighted by Gasteiger charge is 2.40. The molecule has 0 aromatic heterocycles. The number of hydrogen-bond acceptors (Lipinski definition) is 3. The fraction of sp³-hybridized carbons (Fsp3) is 0.600. The first-order valence-corrected chi connectivity index (χ1v) is 9.02. The van der Waals surface area contributed by atoms with Gasteiger partial charge in [0.25, 0.3) is 0 Å². The minimum atomic E-state index is -3.06. The third-order valence-corrected chi connectivity index (χ3v) is 6.57. The Morgan fingerprint density at radius 2 is 1.76 bits per heavy atom. The largest absolute Gasteiger partial charge is 0.298 e. The standard InChI is InChI=1S/C15H21FN2O2S/c16-14-4-2-13(3-5-14)12-17-8-1-9-18(11-10-17)21(19,20)15-6-7-15/h2-5,15H,1,6-12H2. The molecule has 0 atom stereocenters. The van der Waals surface area contributed by atoms with Gasteiger partial charge in [0.1, 0.15) is 5.82 Å². The van der Waals surface area contributed by atoms with Gasteiger partial charge in [0, 0.05) is 26.2 Å². The molecule has 1 aromatic carbocycles. The summed E-state index contributed by atoms with van der Waals surface area (Å²) in [6, 6.07) is 6.52. The fourth-order valence-electron chi connectivity index (χ4n) is 2.78. The van der Waals surface area contributed by atoms with E-state index in [4.69, 9.17) is 0 Å². The van der Waals surface area contributed by atoms with Gasteiger partial charge in [-0.15, -0.1) is 0 Å². The molecule has 0 amide bonds. The molecule has 1 saturated carbocycles. The average molecular weight is 312 g/mol. The van der Waals surface area contributed by atoms with E-state index in [0.29, 0.717) is 13.1 Å². The fourth-order valence-corrected chi connectivity index (χ4v) is 4.66. The topological polar surface area (TPSA) is 40.6 Å². The molecule has 0 spiro atoms. The number of benzene rings is 1. The highest BCUT2D eigenvalue weighted by atomic mass is 32.2. The summed E-state index contributed by atoms with van der Waals surface area (Å²) in [5.74, 6) is -0.226. The Morgan fingerprint density at radius 1 is 1.05 bits per heavy atom. The van der Waals surface area contributed by atoms with Gasteiger partial charge in [0.05, 0.1) is 5.25 Å². The molecule has 1 aromatic rings. The van der Waals surface area contributed by atoms with E-state index in [-0.39, 0.29) is 11.1 Å². The Morgan fingerprint density at radius 3 is 2.43 bits per heavy atom. The van der Waals surface area contributed by atoms with E-state index in [1.165, 1.54) is 12.1 Å². The number of nitrogens with zero attached hydrogens (tertiary/aromatic N) is 2. The summed E-state index contributed by atoms with van der Waals surface area (Å²) < 4.78 is 39.1. The van der Waals surface area contributed by atoms with Crippen molar-refractivity contribution in [3.05, 3.63) is 35.6 Å². The van der Waals surface area contributed by atoms with Gasteiger partial charge in [-0.3, -0.25) is 4.90 Å². The molecule has 1 aliphatic heterocycles. The summed E-state index contributed by atoms with van der Waals surface area (Å²) in [4.78, 5) is 2.25. The zero-order chi connectivity index (χ0) is 14.9. The van der Waals surface area contributed by atoms with E-state index in [1.807, 2.05) is 0 Å². The predicted molar refractivity (Wildman–Crippen MR) is 79.8 cm³/mol. The minimum Gasteiger partial charge on any atom is -0.298 e. The SMILES string of the molecule is O=S(=O)(C1CC1)N1CCCN(Cc2ccc(F)cc2)CC1. The van der Waals surface area contributed by atoms with Crippen molar-refractivity contribution in [1.29, 1.82) is 0 Å². The molecule has 2 aliphatic rings. The van der Waals surface area contributed by atoms with Crippen LogP contribution in [-0.4, -0.2) is 49.1 Å². The van der Waals surface area contributed by atoms with Gasteiger partial charge >= 0.3 is 0 Å². The average Bonchev–Trinajstić information content (AvgIpc) is 3.27. The van der Waals surface area contributed by atoms with E-state index in [2.05, 4.69) is 4.90 Å². The number of sulfonamides is 1. The molecule has 6 heteroatoms. The molecule has 0 N–H and O–H groups in total. The number of hydrogen-bond donors (Lipinski definition) is 0. The highest BCUT2D eigenvalue weighted by molar-refractivity contribution is 7.90. The number of halogens is 1. The third kappa shape index (κ3) is 3.62. The lowest BCUT2D eigenvalue weighted by molar-refractivity contribution is 0.278. The maximum absolute atomic E-state index is 12.9. The lowest BCUT2D eigenvalue weighted by Crippen LogP contribution is -2.37. The van der Waals surface area contributed by atoms with Crippen molar-refractivity contribution in [2.24, 2.45) is 0 Å². The van der Waals surface area contributed by atoms with Gasteiger partial charge in [-0.25, -0.2) is 17.1 Å². The molecule has 21 heavy (non-hydrogen) atoms. The Balaban J connectivity index is 1.59. The zero-order valence-electron chi connectivity index (χ0n) is 12.0. The quantitative estimate of drug-likeness (QED) is 0.851. The van der Waals surface area contributed by atoms with Crippen molar-refractivity contribution < 1.29 is 12.8 Å². The van der Waals surface area contributed by atoms with Crippen LogP contribution in [0.3, 0.4) is 0 Å². The van der Waals surface area contributed by atoms with E-state index in [0.717, 1.165) is 44.5 Å². The van der Waals surface area contributed by atoms with Crippen LogP contribution in [0.25, 0.3) is 0 Å². The molecule has 0 bridgehead atoms. The molecular formula is C15H21FN2O2S. The Bertz CT molecular complexity index is 584. The van der Waals surface area contributed by atoms with E-state index >= 15 is 0 Å². The van der Waals surface area contributed by atoms with Gasteiger partial charge in [-0.2, -0.15) is 0 Å². The van der Waals surface area contributed by atoms with Crippen molar-refractivity contribution in [2.45, 2.75) is 31.1 Å².